The van der Waals surface area contributed by atoms with Crippen LogP contribution >= 0.6 is 11.6 Å². The number of aliphatic hydroxyl groups excluding tert-OH is 1. The summed E-state index contributed by atoms with van der Waals surface area (Å²) in [4.78, 5) is 11.4. The summed E-state index contributed by atoms with van der Waals surface area (Å²) >= 11 is 5.87. The molecule has 0 amide bonds. The van der Waals surface area contributed by atoms with E-state index in [1.54, 1.807) is 38.5 Å². The molecule has 1 atom stereocenters. The number of halogens is 1. The number of nitrogens with one attached hydrogen (secondary N) is 1. The number of ether oxygens (including phenoxy) is 1. The first-order chi connectivity index (χ1) is 13.3. The quantitative estimate of drug-likeness (QED) is 0.488. The molecule has 7 heteroatoms. The highest BCUT2D eigenvalue weighted by atomic mass is 35.5. The van der Waals surface area contributed by atoms with Crippen molar-refractivity contribution in [1.82, 2.24) is 0 Å². The molecule has 28 heavy (non-hydrogen) atoms. The van der Waals surface area contributed by atoms with Crippen LogP contribution in [0.5, 0.6) is 5.75 Å². The van der Waals surface area contributed by atoms with Gasteiger partial charge in [0.15, 0.2) is 6.23 Å². The van der Waals surface area contributed by atoms with Crippen LogP contribution in [0.25, 0.3) is 11.1 Å². The Morgan fingerprint density at radius 2 is 1.96 bits per heavy atom. The van der Waals surface area contributed by atoms with Gasteiger partial charge in [0.2, 0.25) is 0 Å². The molecule has 0 aliphatic rings. The monoisotopic (exact) mass is 401 g/mol. The Balaban J connectivity index is 1.78. The van der Waals surface area contributed by atoms with Gasteiger partial charge < -0.3 is 24.7 Å². The summed E-state index contributed by atoms with van der Waals surface area (Å²) in [5.74, 6) is -0.595. The fraction of sp³-hybridized carbons (Fsp3) is 0.190. The average Bonchev–Trinajstić information content (AvgIpc) is 3.17. The van der Waals surface area contributed by atoms with Crippen molar-refractivity contribution in [2.75, 3.05) is 5.32 Å². The first-order valence-electron chi connectivity index (χ1n) is 8.55. The maximum atomic E-state index is 11.4. The average molecular weight is 402 g/mol. The second-order valence-electron chi connectivity index (χ2n) is 6.79. The van der Waals surface area contributed by atoms with E-state index in [1.165, 1.54) is 12.1 Å². The zero-order chi connectivity index (χ0) is 20.3. The van der Waals surface area contributed by atoms with Crippen LogP contribution in [-0.2, 0) is 0 Å². The van der Waals surface area contributed by atoms with E-state index in [9.17, 15) is 15.0 Å². The molecule has 0 bridgehead atoms. The number of furan rings is 1. The molecular weight excluding hydrogens is 382 g/mol. The van der Waals surface area contributed by atoms with E-state index in [0.717, 1.165) is 11.1 Å². The molecule has 1 unspecified atom stereocenters. The van der Waals surface area contributed by atoms with Crippen LogP contribution in [0, 0.1) is 0 Å². The fourth-order valence-electron chi connectivity index (χ4n) is 2.67. The second-order valence-corrected chi connectivity index (χ2v) is 7.22. The van der Waals surface area contributed by atoms with E-state index < -0.39 is 17.8 Å². The van der Waals surface area contributed by atoms with E-state index in [4.69, 9.17) is 20.8 Å². The van der Waals surface area contributed by atoms with Gasteiger partial charge in [-0.15, -0.1) is 0 Å². The van der Waals surface area contributed by atoms with Crippen LogP contribution < -0.4 is 10.1 Å². The zero-order valence-electron chi connectivity index (χ0n) is 15.3. The summed E-state index contributed by atoms with van der Waals surface area (Å²) in [6.45, 7) is 3.40. The van der Waals surface area contributed by atoms with Gasteiger partial charge in [0, 0.05) is 10.6 Å². The lowest BCUT2D eigenvalue weighted by molar-refractivity contribution is -0.0124. The van der Waals surface area contributed by atoms with Crippen LogP contribution in [0.1, 0.15) is 24.2 Å². The number of aliphatic hydroxyl groups is 1. The Kier molecular flexibility index (Phi) is 5.63. The largest absolute Gasteiger partial charge is 0.483 e. The number of aromatic carboxylic acids is 1. The van der Waals surface area contributed by atoms with Crippen molar-refractivity contribution in [1.29, 1.82) is 0 Å². The van der Waals surface area contributed by atoms with Gasteiger partial charge in [0.05, 0.1) is 23.8 Å². The van der Waals surface area contributed by atoms with Crippen molar-refractivity contribution in [2.45, 2.75) is 25.7 Å². The number of hydrogen-bond acceptors (Lipinski definition) is 5. The summed E-state index contributed by atoms with van der Waals surface area (Å²) < 4.78 is 11.1. The van der Waals surface area contributed by atoms with Crippen LogP contribution in [0.3, 0.4) is 0 Å². The number of carboxylic acid groups (broad SMARTS) is 1. The molecule has 1 heterocycles. The summed E-state index contributed by atoms with van der Waals surface area (Å²) in [6.07, 6.45) is 2.03. The van der Waals surface area contributed by atoms with Crippen LogP contribution in [0.2, 0.25) is 5.02 Å². The van der Waals surface area contributed by atoms with E-state index in [-0.39, 0.29) is 11.3 Å². The van der Waals surface area contributed by atoms with Gasteiger partial charge in [0.1, 0.15) is 11.4 Å². The Labute approximate surface area is 167 Å². The molecule has 3 N–H and O–H groups in total. The predicted octanol–water partition coefficient (Wildman–Crippen LogP) is 4.89. The molecule has 0 saturated carbocycles. The summed E-state index contributed by atoms with van der Waals surface area (Å²) in [6, 6.07) is 13.6. The van der Waals surface area contributed by atoms with Gasteiger partial charge in [-0.3, -0.25) is 0 Å². The van der Waals surface area contributed by atoms with Gasteiger partial charge in [-0.1, -0.05) is 23.7 Å². The minimum atomic E-state index is -1.19. The topological polar surface area (TPSA) is 91.9 Å². The van der Waals surface area contributed by atoms with Crippen molar-refractivity contribution in [3.8, 4) is 16.9 Å². The van der Waals surface area contributed by atoms with Crippen LogP contribution in [0.15, 0.2) is 65.5 Å². The van der Waals surface area contributed by atoms with Gasteiger partial charge in [-0.2, -0.15) is 0 Å². The highest BCUT2D eigenvalue weighted by Crippen LogP contribution is 2.29. The Bertz CT molecular complexity index is 969. The highest BCUT2D eigenvalue weighted by Gasteiger charge is 2.31. The zero-order valence-corrected chi connectivity index (χ0v) is 16.1. The molecule has 3 aromatic rings. The summed E-state index contributed by atoms with van der Waals surface area (Å²) in [5, 5.41) is 23.1. The predicted molar refractivity (Wildman–Crippen MR) is 107 cm³/mol. The molecule has 0 spiro atoms. The molecule has 1 aromatic heterocycles. The normalized spacial score (nSPS) is 12.4. The lowest BCUT2D eigenvalue weighted by Crippen LogP contribution is -2.46. The molecule has 6 nitrogen and oxygen atoms in total. The number of anilines is 1. The lowest BCUT2D eigenvalue weighted by atomic mass is 10.1. The van der Waals surface area contributed by atoms with Gasteiger partial charge in [-0.05, 0) is 55.8 Å². The third-order valence-electron chi connectivity index (χ3n) is 4.23. The van der Waals surface area contributed by atoms with E-state index >= 15 is 0 Å². The molecule has 0 radical (unpaired) electrons. The van der Waals surface area contributed by atoms with Crippen molar-refractivity contribution in [2.24, 2.45) is 0 Å². The first-order valence-corrected chi connectivity index (χ1v) is 8.93. The number of carboxylic acids is 1. The maximum Gasteiger partial charge on any atom is 0.337 e. The maximum absolute atomic E-state index is 11.4. The number of benzene rings is 2. The van der Waals surface area contributed by atoms with E-state index in [1.807, 2.05) is 24.3 Å². The van der Waals surface area contributed by atoms with Gasteiger partial charge in [0.25, 0.3) is 0 Å². The fourth-order valence-corrected chi connectivity index (χ4v) is 2.84. The molecule has 0 aliphatic heterocycles. The van der Waals surface area contributed by atoms with Crippen molar-refractivity contribution in [3.05, 3.63) is 71.6 Å². The second kappa shape index (κ2) is 7.96. The minimum Gasteiger partial charge on any atom is -0.483 e. The molecule has 0 aliphatic carbocycles. The highest BCUT2D eigenvalue weighted by molar-refractivity contribution is 6.31. The van der Waals surface area contributed by atoms with Gasteiger partial charge >= 0.3 is 5.97 Å². The van der Waals surface area contributed by atoms with E-state index in [0.29, 0.717) is 10.8 Å². The SMILES string of the molecule is CC(C)(Oc1cccc(-c2ccoc2)c1)C(O)Nc1ccc(Cl)cc1C(=O)O. The molecule has 2 aromatic carbocycles. The van der Waals surface area contributed by atoms with Gasteiger partial charge in [-0.25, -0.2) is 4.79 Å². The molecule has 0 saturated heterocycles. The lowest BCUT2D eigenvalue weighted by Gasteiger charge is -2.33. The smallest absolute Gasteiger partial charge is 0.337 e. The third kappa shape index (κ3) is 4.47. The summed E-state index contributed by atoms with van der Waals surface area (Å²) in [7, 11) is 0. The van der Waals surface area contributed by atoms with Crippen LogP contribution in [-0.4, -0.2) is 28.0 Å². The van der Waals surface area contributed by atoms with E-state index in [2.05, 4.69) is 5.32 Å². The summed E-state index contributed by atoms with van der Waals surface area (Å²) in [5.41, 5.74) is 0.965. The first kappa shape index (κ1) is 19.8. The Morgan fingerprint density at radius 1 is 1.18 bits per heavy atom. The standard InChI is InChI=1S/C21H20ClNO5/c1-21(2,20(26)23-18-7-6-15(22)11-17(18)19(24)25)28-16-5-3-4-13(10-16)14-8-9-27-12-14/h3-12,20,23,26H,1-2H3,(H,24,25). The van der Waals surface area contributed by atoms with Crippen LogP contribution in [0.4, 0.5) is 5.69 Å². The number of rotatable bonds is 7. The van der Waals surface area contributed by atoms with Crippen molar-refractivity contribution in [3.63, 3.8) is 0 Å². The number of carbonyl (C=O) groups is 1. The molecular formula is C21H20ClNO5. The minimum absolute atomic E-state index is 0.0377. The van der Waals surface area contributed by atoms with Crippen molar-refractivity contribution < 1.29 is 24.2 Å². The Hall–Kier alpha value is -2.96. The molecule has 146 valence electrons. The number of hydrogen-bond donors (Lipinski definition) is 3. The molecule has 0 fully saturated rings. The Morgan fingerprint density at radius 3 is 2.64 bits per heavy atom. The van der Waals surface area contributed by atoms with Crippen molar-refractivity contribution >= 4 is 23.3 Å². The third-order valence-corrected chi connectivity index (χ3v) is 4.47. The molecule has 3 rings (SSSR count).